The lowest BCUT2D eigenvalue weighted by Gasteiger charge is -2.24. The highest BCUT2D eigenvalue weighted by atomic mass is 79.9. The van der Waals surface area contributed by atoms with E-state index in [0.717, 1.165) is 31.8 Å². The van der Waals surface area contributed by atoms with Crippen LogP contribution in [0.3, 0.4) is 0 Å². The molecule has 0 aliphatic rings. The van der Waals surface area contributed by atoms with Crippen LogP contribution in [0, 0.1) is 0 Å². The number of nitrogens with one attached hydrogen (secondary N) is 1. The Labute approximate surface area is 158 Å². The Bertz CT molecular complexity index is 913. The number of fused-ring (bicyclic) bond motifs is 1. The number of hydrogen-bond donors (Lipinski definition) is 1. The summed E-state index contributed by atoms with van der Waals surface area (Å²) >= 11 is 4.97. The number of amides is 1. The second-order valence-corrected chi connectivity index (χ2v) is 8.57. The molecule has 3 aromatic heterocycles. The number of thiazole rings is 1. The summed E-state index contributed by atoms with van der Waals surface area (Å²) in [5.41, 5.74) is 2.16. The van der Waals surface area contributed by atoms with Crippen LogP contribution < -0.4 is 0 Å². The predicted molar refractivity (Wildman–Crippen MR) is 103 cm³/mol. The predicted octanol–water partition coefficient (Wildman–Crippen LogP) is 4.82. The van der Waals surface area contributed by atoms with Gasteiger partial charge < -0.3 is 14.6 Å². The van der Waals surface area contributed by atoms with Crippen molar-refractivity contribution in [1.82, 2.24) is 19.9 Å². The zero-order valence-electron chi connectivity index (χ0n) is 14.5. The van der Waals surface area contributed by atoms with Crippen LogP contribution in [0.25, 0.3) is 22.3 Å². The van der Waals surface area contributed by atoms with Gasteiger partial charge in [-0.3, -0.25) is 0 Å². The summed E-state index contributed by atoms with van der Waals surface area (Å²) in [6.45, 7) is 5.96. The first-order valence-corrected chi connectivity index (χ1v) is 9.42. The van der Waals surface area contributed by atoms with E-state index in [1.165, 1.54) is 16.2 Å². The molecule has 6 nitrogen and oxygen atoms in total. The first-order chi connectivity index (χ1) is 11.7. The molecular formula is C17H19BrN4O2S. The minimum Gasteiger partial charge on any atom is -0.444 e. The molecule has 0 radical (unpaired) electrons. The van der Waals surface area contributed by atoms with Crippen LogP contribution in [-0.4, -0.2) is 38.6 Å². The van der Waals surface area contributed by atoms with Crippen molar-refractivity contribution in [3.05, 3.63) is 33.3 Å². The maximum atomic E-state index is 12.1. The first-order valence-electron chi connectivity index (χ1n) is 7.74. The minimum absolute atomic E-state index is 0.357. The zero-order valence-corrected chi connectivity index (χ0v) is 16.9. The molecule has 3 rings (SSSR count). The molecule has 1 amide bonds. The average molecular weight is 423 g/mol. The van der Waals surface area contributed by atoms with Gasteiger partial charge in [0, 0.05) is 40.2 Å². The SMILES string of the molecule is CN(Cc1nc(-c2c[nH]c3ncc(Br)cc23)cs1)C(=O)OC(C)(C)C. The van der Waals surface area contributed by atoms with Crippen LogP contribution in [0.1, 0.15) is 25.8 Å². The topological polar surface area (TPSA) is 71.1 Å². The molecule has 0 saturated heterocycles. The largest absolute Gasteiger partial charge is 0.444 e. The van der Waals surface area contributed by atoms with Crippen LogP contribution in [0.5, 0.6) is 0 Å². The number of aromatic amines is 1. The number of aromatic nitrogens is 3. The number of H-pyrrole nitrogens is 1. The Morgan fingerprint density at radius 3 is 2.92 bits per heavy atom. The van der Waals surface area contributed by atoms with Crippen molar-refractivity contribution in [2.75, 3.05) is 7.05 Å². The number of hydrogen-bond acceptors (Lipinski definition) is 5. The van der Waals surface area contributed by atoms with Gasteiger partial charge >= 0.3 is 6.09 Å². The number of nitrogens with zero attached hydrogens (tertiary/aromatic N) is 3. The van der Waals surface area contributed by atoms with Gasteiger partial charge in [-0.1, -0.05) is 0 Å². The lowest BCUT2D eigenvalue weighted by atomic mass is 10.2. The fourth-order valence-electron chi connectivity index (χ4n) is 2.30. The molecule has 8 heteroatoms. The average Bonchev–Trinajstić information content (AvgIpc) is 3.11. The van der Waals surface area contributed by atoms with E-state index >= 15 is 0 Å². The number of carbonyl (C=O) groups is 1. The summed E-state index contributed by atoms with van der Waals surface area (Å²) in [5, 5.41) is 3.84. The van der Waals surface area contributed by atoms with Crippen molar-refractivity contribution in [3.63, 3.8) is 0 Å². The van der Waals surface area contributed by atoms with E-state index in [1.54, 1.807) is 13.2 Å². The highest BCUT2D eigenvalue weighted by Gasteiger charge is 2.20. The fourth-order valence-corrected chi connectivity index (χ4v) is 3.48. The quantitative estimate of drug-likeness (QED) is 0.656. The molecule has 0 aliphatic heterocycles. The van der Waals surface area contributed by atoms with Gasteiger partial charge in [0.05, 0.1) is 12.2 Å². The molecule has 3 heterocycles. The van der Waals surface area contributed by atoms with Gasteiger partial charge in [-0.15, -0.1) is 11.3 Å². The number of carbonyl (C=O) groups excluding carboxylic acids is 1. The van der Waals surface area contributed by atoms with Gasteiger partial charge in [-0.05, 0) is 42.8 Å². The number of pyridine rings is 1. The molecule has 132 valence electrons. The second-order valence-electron chi connectivity index (χ2n) is 6.71. The van der Waals surface area contributed by atoms with E-state index in [9.17, 15) is 4.79 Å². The molecule has 0 aromatic carbocycles. The third-order valence-electron chi connectivity index (χ3n) is 3.40. The van der Waals surface area contributed by atoms with Crippen LogP contribution in [-0.2, 0) is 11.3 Å². The molecule has 25 heavy (non-hydrogen) atoms. The van der Waals surface area contributed by atoms with E-state index in [1.807, 2.05) is 38.4 Å². The highest BCUT2D eigenvalue weighted by Crippen LogP contribution is 2.30. The van der Waals surface area contributed by atoms with Gasteiger partial charge in [0.15, 0.2) is 0 Å². The number of ether oxygens (including phenoxy) is 1. The van der Waals surface area contributed by atoms with Crippen molar-refractivity contribution in [1.29, 1.82) is 0 Å². The molecule has 3 aromatic rings. The van der Waals surface area contributed by atoms with E-state index < -0.39 is 5.60 Å². The third-order valence-corrected chi connectivity index (χ3v) is 4.67. The van der Waals surface area contributed by atoms with Crippen molar-refractivity contribution in [2.45, 2.75) is 32.9 Å². The van der Waals surface area contributed by atoms with E-state index in [0.29, 0.717) is 6.54 Å². The van der Waals surface area contributed by atoms with Gasteiger partial charge in [-0.25, -0.2) is 14.8 Å². The lowest BCUT2D eigenvalue weighted by molar-refractivity contribution is 0.0285. The van der Waals surface area contributed by atoms with Gasteiger partial charge in [-0.2, -0.15) is 0 Å². The summed E-state index contributed by atoms with van der Waals surface area (Å²) < 4.78 is 6.28. The maximum absolute atomic E-state index is 12.1. The summed E-state index contributed by atoms with van der Waals surface area (Å²) in [6, 6.07) is 2.01. The Morgan fingerprint density at radius 1 is 1.44 bits per heavy atom. The lowest BCUT2D eigenvalue weighted by Crippen LogP contribution is -2.33. The fraction of sp³-hybridized carbons (Fsp3) is 0.353. The smallest absolute Gasteiger partial charge is 0.410 e. The monoisotopic (exact) mass is 422 g/mol. The second kappa shape index (κ2) is 6.76. The number of rotatable bonds is 3. The minimum atomic E-state index is -0.510. The normalized spacial score (nSPS) is 11.7. The summed E-state index contributed by atoms with van der Waals surface area (Å²) in [5.74, 6) is 0. The van der Waals surface area contributed by atoms with Crippen LogP contribution >= 0.6 is 27.3 Å². The van der Waals surface area contributed by atoms with Crippen molar-refractivity contribution in [2.24, 2.45) is 0 Å². The van der Waals surface area contributed by atoms with Crippen molar-refractivity contribution < 1.29 is 9.53 Å². The Balaban J connectivity index is 1.78. The standard InChI is InChI=1S/C17H19BrN4O2S/c1-17(2,3)24-16(23)22(4)8-14-21-13(9-25-14)12-7-20-15-11(12)5-10(18)6-19-15/h5-7,9H,8H2,1-4H3,(H,19,20). The van der Waals surface area contributed by atoms with Crippen LogP contribution in [0.15, 0.2) is 28.3 Å². The van der Waals surface area contributed by atoms with Gasteiger partial charge in [0.2, 0.25) is 0 Å². The van der Waals surface area contributed by atoms with Crippen LogP contribution in [0.2, 0.25) is 0 Å². The molecule has 0 unspecified atom stereocenters. The van der Waals surface area contributed by atoms with E-state index in [4.69, 9.17) is 4.74 Å². The molecule has 0 atom stereocenters. The highest BCUT2D eigenvalue weighted by molar-refractivity contribution is 9.10. The van der Waals surface area contributed by atoms with Crippen molar-refractivity contribution in [3.8, 4) is 11.3 Å². The third kappa shape index (κ3) is 4.19. The molecule has 0 aliphatic carbocycles. The van der Waals surface area contributed by atoms with E-state index in [2.05, 4.69) is 30.9 Å². The van der Waals surface area contributed by atoms with Crippen LogP contribution in [0.4, 0.5) is 4.79 Å². The number of halogens is 1. The first kappa shape index (κ1) is 17.9. The summed E-state index contributed by atoms with van der Waals surface area (Å²) in [4.78, 5) is 25.8. The molecule has 1 N–H and O–H groups in total. The van der Waals surface area contributed by atoms with Gasteiger partial charge in [0.25, 0.3) is 0 Å². The summed E-state index contributed by atoms with van der Waals surface area (Å²) in [7, 11) is 1.71. The Morgan fingerprint density at radius 2 is 2.20 bits per heavy atom. The molecule has 0 saturated carbocycles. The molecule has 0 fully saturated rings. The van der Waals surface area contributed by atoms with E-state index in [-0.39, 0.29) is 6.09 Å². The zero-order chi connectivity index (χ0) is 18.2. The molecule has 0 bridgehead atoms. The van der Waals surface area contributed by atoms with Crippen molar-refractivity contribution >= 4 is 44.4 Å². The Kier molecular flexibility index (Phi) is 4.83. The molecule has 0 spiro atoms. The summed E-state index contributed by atoms with van der Waals surface area (Å²) in [6.07, 6.45) is 3.30. The Hall–Kier alpha value is -1.93. The maximum Gasteiger partial charge on any atom is 0.410 e. The van der Waals surface area contributed by atoms with Gasteiger partial charge in [0.1, 0.15) is 16.3 Å². The molecular weight excluding hydrogens is 404 g/mol.